The second-order valence-corrected chi connectivity index (χ2v) is 9.98. The van der Waals surface area contributed by atoms with Crippen LogP contribution in [0.15, 0.2) is 18.2 Å². The number of hydrogen-bond donors (Lipinski definition) is 1. The SMILES string of the molecule is CCN(C(=O)CN1C(=O)N[C@@](C)(c2ccc3c(c2)OCO3)C1=O)[C@@H]1CCS(=O)(=O)C1. The molecule has 1 aromatic carbocycles. The number of ether oxygens (including phenoxy) is 2. The summed E-state index contributed by atoms with van der Waals surface area (Å²) in [6.07, 6.45) is 0.358. The number of hydrogen-bond acceptors (Lipinski definition) is 7. The molecule has 2 atom stereocenters. The molecule has 0 unspecified atom stereocenters. The van der Waals surface area contributed by atoms with Crippen LogP contribution < -0.4 is 14.8 Å². The molecule has 0 bridgehead atoms. The van der Waals surface area contributed by atoms with Crippen LogP contribution in [0.1, 0.15) is 25.8 Å². The first kappa shape index (κ1) is 20.5. The second-order valence-electron chi connectivity index (χ2n) is 7.75. The minimum atomic E-state index is -3.17. The summed E-state index contributed by atoms with van der Waals surface area (Å²) in [6, 6.07) is 3.85. The lowest BCUT2D eigenvalue weighted by Crippen LogP contribution is -2.48. The molecule has 11 heteroatoms. The molecule has 1 N–H and O–H groups in total. The average Bonchev–Trinajstić information content (AvgIpc) is 3.35. The maximum atomic E-state index is 13.1. The van der Waals surface area contributed by atoms with E-state index in [1.165, 1.54) is 4.90 Å². The number of nitrogens with zero attached hydrogens (tertiary/aromatic N) is 2. The highest BCUT2D eigenvalue weighted by Gasteiger charge is 2.50. The molecule has 0 spiro atoms. The molecule has 4 amide bonds. The van der Waals surface area contributed by atoms with Crippen LogP contribution in [0.25, 0.3) is 0 Å². The summed E-state index contributed by atoms with van der Waals surface area (Å²) in [7, 11) is -3.17. The molecule has 2 fully saturated rings. The highest BCUT2D eigenvalue weighted by Crippen LogP contribution is 2.37. The third-order valence-corrected chi connectivity index (χ3v) is 7.58. The molecule has 0 saturated carbocycles. The van der Waals surface area contributed by atoms with Crippen LogP contribution in [0.5, 0.6) is 11.5 Å². The number of sulfone groups is 1. The van der Waals surface area contributed by atoms with Gasteiger partial charge < -0.3 is 19.7 Å². The van der Waals surface area contributed by atoms with E-state index in [1.807, 2.05) is 0 Å². The van der Waals surface area contributed by atoms with Crippen molar-refractivity contribution in [1.29, 1.82) is 0 Å². The van der Waals surface area contributed by atoms with Gasteiger partial charge in [-0.05, 0) is 38.0 Å². The maximum absolute atomic E-state index is 13.1. The minimum absolute atomic E-state index is 0.0345. The van der Waals surface area contributed by atoms with Gasteiger partial charge in [0.1, 0.15) is 12.1 Å². The normalized spacial score (nSPS) is 26.7. The van der Waals surface area contributed by atoms with Crippen LogP contribution in [0.4, 0.5) is 4.79 Å². The zero-order valence-corrected chi connectivity index (χ0v) is 17.5. The van der Waals surface area contributed by atoms with Gasteiger partial charge in [-0.2, -0.15) is 0 Å². The van der Waals surface area contributed by atoms with Crippen LogP contribution in [0.2, 0.25) is 0 Å². The van der Waals surface area contributed by atoms with E-state index in [4.69, 9.17) is 9.47 Å². The van der Waals surface area contributed by atoms with E-state index in [9.17, 15) is 22.8 Å². The monoisotopic (exact) mass is 437 g/mol. The zero-order chi connectivity index (χ0) is 21.7. The molecule has 162 valence electrons. The smallest absolute Gasteiger partial charge is 0.325 e. The van der Waals surface area contributed by atoms with Crippen molar-refractivity contribution >= 4 is 27.7 Å². The van der Waals surface area contributed by atoms with Crippen LogP contribution in [0.3, 0.4) is 0 Å². The number of amides is 4. The van der Waals surface area contributed by atoms with Crippen LogP contribution in [-0.4, -0.2) is 73.5 Å². The van der Waals surface area contributed by atoms with Crippen LogP contribution in [-0.2, 0) is 25.0 Å². The van der Waals surface area contributed by atoms with Crippen molar-refractivity contribution < 1.29 is 32.3 Å². The number of imide groups is 1. The number of carbonyl (C=O) groups is 3. The van der Waals surface area contributed by atoms with Crippen LogP contribution in [0, 0.1) is 0 Å². The highest BCUT2D eigenvalue weighted by atomic mass is 32.2. The number of likely N-dealkylation sites (N-methyl/N-ethyl adjacent to an activating group) is 1. The van der Waals surface area contributed by atoms with E-state index in [2.05, 4.69) is 5.32 Å². The predicted molar refractivity (Wildman–Crippen MR) is 105 cm³/mol. The van der Waals surface area contributed by atoms with Gasteiger partial charge >= 0.3 is 6.03 Å². The van der Waals surface area contributed by atoms with E-state index in [0.717, 1.165) is 4.90 Å². The first-order chi connectivity index (χ1) is 14.1. The van der Waals surface area contributed by atoms with Gasteiger partial charge in [0.05, 0.1) is 11.5 Å². The number of fused-ring (bicyclic) bond motifs is 1. The Hall–Kier alpha value is -2.82. The summed E-state index contributed by atoms with van der Waals surface area (Å²) in [5.74, 6) is -0.0528. The Bertz CT molecular complexity index is 1020. The van der Waals surface area contributed by atoms with Gasteiger partial charge in [-0.3, -0.25) is 14.5 Å². The summed E-state index contributed by atoms with van der Waals surface area (Å²) in [4.78, 5) is 40.8. The van der Waals surface area contributed by atoms with Crippen molar-refractivity contribution in [2.75, 3.05) is 31.4 Å². The van der Waals surface area contributed by atoms with Gasteiger partial charge in [-0.25, -0.2) is 13.2 Å². The molecule has 0 aromatic heterocycles. The largest absolute Gasteiger partial charge is 0.454 e. The number of benzene rings is 1. The third kappa shape index (κ3) is 3.36. The van der Waals surface area contributed by atoms with Gasteiger partial charge in [0.2, 0.25) is 12.7 Å². The van der Waals surface area contributed by atoms with Crippen molar-refractivity contribution in [3.8, 4) is 11.5 Å². The quantitative estimate of drug-likeness (QED) is 0.654. The van der Waals surface area contributed by atoms with Crippen molar-refractivity contribution in [2.24, 2.45) is 0 Å². The standard InChI is InChI=1S/C19H23N3O7S/c1-3-21(13-6-7-30(26,27)10-13)16(23)9-22-17(24)19(2,20-18(22)25)12-4-5-14-15(8-12)29-11-28-14/h4-5,8,13H,3,6-7,9-11H2,1-2H3,(H,20,25)/t13-,19+/m1/s1. The van der Waals surface area contributed by atoms with Crippen molar-refractivity contribution in [2.45, 2.75) is 31.8 Å². The van der Waals surface area contributed by atoms with Crippen molar-refractivity contribution in [3.05, 3.63) is 23.8 Å². The molecule has 0 radical (unpaired) electrons. The summed E-state index contributed by atoms with van der Waals surface area (Å²) in [5, 5.41) is 2.66. The molecule has 0 aliphatic carbocycles. The maximum Gasteiger partial charge on any atom is 0.325 e. The fourth-order valence-electron chi connectivity index (χ4n) is 4.13. The topological polar surface area (TPSA) is 122 Å². The van der Waals surface area contributed by atoms with E-state index in [0.29, 0.717) is 30.0 Å². The Kier molecular flexibility index (Phi) is 4.88. The number of urea groups is 1. The molecule has 3 aliphatic heterocycles. The van der Waals surface area contributed by atoms with Crippen molar-refractivity contribution in [3.63, 3.8) is 0 Å². The highest BCUT2D eigenvalue weighted by molar-refractivity contribution is 7.91. The lowest BCUT2D eigenvalue weighted by Gasteiger charge is -2.28. The molecule has 4 rings (SSSR count). The first-order valence-electron chi connectivity index (χ1n) is 9.69. The zero-order valence-electron chi connectivity index (χ0n) is 16.7. The second kappa shape index (κ2) is 7.15. The number of carbonyl (C=O) groups excluding carboxylic acids is 3. The Balaban J connectivity index is 1.52. The van der Waals surface area contributed by atoms with Gasteiger partial charge in [0.25, 0.3) is 5.91 Å². The fourth-order valence-corrected chi connectivity index (χ4v) is 5.86. The van der Waals surface area contributed by atoms with E-state index in [-0.39, 0.29) is 18.3 Å². The minimum Gasteiger partial charge on any atom is -0.454 e. The molecular weight excluding hydrogens is 414 g/mol. The molecule has 3 aliphatic rings. The van der Waals surface area contributed by atoms with Crippen molar-refractivity contribution in [1.82, 2.24) is 15.1 Å². The molecule has 10 nitrogen and oxygen atoms in total. The summed E-state index contributed by atoms with van der Waals surface area (Å²) in [6.45, 7) is 3.24. The molecule has 1 aromatic rings. The lowest BCUT2D eigenvalue weighted by atomic mass is 9.91. The fraction of sp³-hybridized carbons (Fsp3) is 0.526. The number of nitrogens with one attached hydrogen (secondary N) is 1. The van der Waals surface area contributed by atoms with Gasteiger partial charge in [-0.15, -0.1) is 0 Å². The molecular formula is C19H23N3O7S. The summed E-state index contributed by atoms with van der Waals surface area (Å²) < 4.78 is 34.2. The van der Waals surface area contributed by atoms with Crippen LogP contribution >= 0.6 is 0 Å². The lowest BCUT2D eigenvalue weighted by molar-refractivity contribution is -0.139. The predicted octanol–water partition coefficient (Wildman–Crippen LogP) is 0.218. The average molecular weight is 437 g/mol. The Morgan fingerprint density at radius 3 is 2.70 bits per heavy atom. The van der Waals surface area contributed by atoms with E-state index < -0.39 is 45.8 Å². The first-order valence-corrected chi connectivity index (χ1v) is 11.5. The third-order valence-electron chi connectivity index (χ3n) is 5.83. The Labute approximate surface area is 174 Å². The van der Waals surface area contributed by atoms with Gasteiger partial charge in [-0.1, -0.05) is 6.07 Å². The summed E-state index contributed by atoms with van der Waals surface area (Å²) >= 11 is 0. The van der Waals surface area contributed by atoms with E-state index in [1.54, 1.807) is 32.0 Å². The molecule has 30 heavy (non-hydrogen) atoms. The van der Waals surface area contributed by atoms with Gasteiger partial charge in [0, 0.05) is 12.6 Å². The summed E-state index contributed by atoms with van der Waals surface area (Å²) in [5.41, 5.74) is -0.846. The Morgan fingerprint density at radius 1 is 1.30 bits per heavy atom. The Morgan fingerprint density at radius 2 is 2.03 bits per heavy atom. The van der Waals surface area contributed by atoms with Gasteiger partial charge in [0.15, 0.2) is 21.3 Å². The van der Waals surface area contributed by atoms with E-state index >= 15 is 0 Å². The number of rotatable bonds is 5. The molecule has 3 heterocycles. The molecule has 2 saturated heterocycles.